The van der Waals surface area contributed by atoms with Crippen molar-refractivity contribution in [3.63, 3.8) is 0 Å². The van der Waals surface area contributed by atoms with Crippen LogP contribution in [0.25, 0.3) is 0 Å². The highest BCUT2D eigenvalue weighted by molar-refractivity contribution is 9.10. The van der Waals surface area contributed by atoms with Gasteiger partial charge in [0.2, 0.25) is 5.91 Å². The van der Waals surface area contributed by atoms with Crippen LogP contribution in [0.2, 0.25) is 0 Å². The summed E-state index contributed by atoms with van der Waals surface area (Å²) in [4.78, 5) is 28.1. The summed E-state index contributed by atoms with van der Waals surface area (Å²) in [6.07, 6.45) is 0. The first-order chi connectivity index (χ1) is 10.0. The molecule has 1 unspecified atom stereocenters. The van der Waals surface area contributed by atoms with Crippen LogP contribution in [-0.2, 0) is 4.79 Å². The summed E-state index contributed by atoms with van der Waals surface area (Å²) in [6.45, 7) is 6.44. The molecule has 1 heterocycles. The highest BCUT2D eigenvalue weighted by Gasteiger charge is 2.29. The van der Waals surface area contributed by atoms with E-state index in [9.17, 15) is 9.59 Å². The third-order valence-electron chi connectivity index (χ3n) is 3.72. The molecular weight excluding hydrogens is 332 g/mol. The molecule has 1 aromatic carbocycles. The first-order valence-corrected chi connectivity index (χ1v) is 8.19. The zero-order chi connectivity index (χ0) is 15.4. The van der Waals surface area contributed by atoms with Crippen LogP contribution in [0, 0.1) is 5.92 Å². The molecular formula is C16H21BrN2O2. The number of carbonyl (C=O) groups excluding carboxylic acids is 2. The van der Waals surface area contributed by atoms with Crippen molar-refractivity contribution >= 4 is 27.7 Å². The Kier molecular flexibility index (Phi) is 5.39. The number of amides is 2. The van der Waals surface area contributed by atoms with Crippen molar-refractivity contribution in [2.75, 3.05) is 26.2 Å². The summed E-state index contributed by atoms with van der Waals surface area (Å²) in [5, 5.41) is 0. The second kappa shape index (κ2) is 7.07. The Morgan fingerprint density at radius 1 is 1.00 bits per heavy atom. The van der Waals surface area contributed by atoms with Gasteiger partial charge in [-0.05, 0) is 18.1 Å². The highest BCUT2D eigenvalue weighted by Crippen LogP contribution is 2.17. The van der Waals surface area contributed by atoms with Crippen molar-refractivity contribution in [1.82, 2.24) is 9.80 Å². The number of alkyl halides is 1. The maximum Gasteiger partial charge on any atom is 0.253 e. The number of halogens is 1. The van der Waals surface area contributed by atoms with E-state index >= 15 is 0 Å². The van der Waals surface area contributed by atoms with Gasteiger partial charge in [-0.1, -0.05) is 48.0 Å². The van der Waals surface area contributed by atoms with Gasteiger partial charge in [0.25, 0.3) is 5.91 Å². The van der Waals surface area contributed by atoms with Crippen molar-refractivity contribution in [3.8, 4) is 0 Å². The minimum atomic E-state index is -0.145. The standard InChI is InChI=1S/C16H21BrN2O2/c1-12(2)14(17)16(21)19-10-8-18(9-11-19)15(20)13-6-4-3-5-7-13/h3-7,12,14H,8-11H2,1-2H3. The van der Waals surface area contributed by atoms with Crippen LogP contribution in [0.15, 0.2) is 30.3 Å². The zero-order valence-electron chi connectivity index (χ0n) is 12.5. The average molecular weight is 353 g/mol. The third kappa shape index (κ3) is 3.84. The Hall–Kier alpha value is -1.36. The molecule has 4 nitrogen and oxygen atoms in total. The average Bonchev–Trinajstić information content (AvgIpc) is 2.53. The lowest BCUT2D eigenvalue weighted by Gasteiger charge is -2.36. The molecule has 5 heteroatoms. The predicted molar refractivity (Wildman–Crippen MR) is 86.5 cm³/mol. The van der Waals surface area contributed by atoms with Crippen molar-refractivity contribution in [1.29, 1.82) is 0 Å². The number of benzene rings is 1. The monoisotopic (exact) mass is 352 g/mol. The van der Waals surface area contributed by atoms with E-state index in [2.05, 4.69) is 15.9 Å². The van der Waals surface area contributed by atoms with E-state index in [-0.39, 0.29) is 22.6 Å². The molecule has 2 rings (SSSR count). The molecule has 1 fully saturated rings. The first-order valence-electron chi connectivity index (χ1n) is 7.28. The lowest BCUT2D eigenvalue weighted by Crippen LogP contribution is -2.52. The van der Waals surface area contributed by atoms with Gasteiger partial charge in [-0.3, -0.25) is 9.59 Å². The van der Waals surface area contributed by atoms with Crippen molar-refractivity contribution in [3.05, 3.63) is 35.9 Å². The Morgan fingerprint density at radius 3 is 2.05 bits per heavy atom. The Balaban J connectivity index is 1.92. The van der Waals surface area contributed by atoms with Gasteiger partial charge in [-0.2, -0.15) is 0 Å². The fraction of sp³-hybridized carbons (Fsp3) is 0.500. The minimum Gasteiger partial charge on any atom is -0.338 e. The first kappa shape index (κ1) is 16.0. The van der Waals surface area contributed by atoms with Crippen molar-refractivity contribution in [2.24, 2.45) is 5.92 Å². The van der Waals surface area contributed by atoms with E-state index in [1.165, 1.54) is 0 Å². The third-order valence-corrected chi connectivity index (χ3v) is 5.17. The minimum absolute atomic E-state index is 0.0435. The molecule has 0 bridgehead atoms. The van der Waals surface area contributed by atoms with E-state index in [1.54, 1.807) is 0 Å². The molecule has 1 aliphatic heterocycles. The quantitative estimate of drug-likeness (QED) is 0.783. The van der Waals surface area contributed by atoms with Crippen LogP contribution < -0.4 is 0 Å². The van der Waals surface area contributed by atoms with Crippen LogP contribution in [-0.4, -0.2) is 52.6 Å². The number of hydrogen-bond donors (Lipinski definition) is 0. The number of piperazine rings is 1. The van der Waals surface area contributed by atoms with E-state index in [0.29, 0.717) is 31.7 Å². The molecule has 0 saturated carbocycles. The zero-order valence-corrected chi connectivity index (χ0v) is 14.0. The fourth-order valence-electron chi connectivity index (χ4n) is 2.35. The Bertz CT molecular complexity index is 496. The smallest absolute Gasteiger partial charge is 0.253 e. The van der Waals surface area contributed by atoms with Gasteiger partial charge in [0.1, 0.15) is 0 Å². The van der Waals surface area contributed by atoms with Gasteiger partial charge in [0.15, 0.2) is 0 Å². The van der Waals surface area contributed by atoms with Gasteiger partial charge in [-0.15, -0.1) is 0 Å². The maximum atomic E-state index is 12.3. The summed E-state index contributed by atoms with van der Waals surface area (Å²) in [6, 6.07) is 9.28. The van der Waals surface area contributed by atoms with Crippen LogP contribution >= 0.6 is 15.9 Å². The number of carbonyl (C=O) groups is 2. The molecule has 0 aromatic heterocycles. The molecule has 0 N–H and O–H groups in total. The molecule has 1 atom stereocenters. The Labute approximate surface area is 134 Å². The predicted octanol–water partition coefficient (Wildman–Crippen LogP) is 2.39. The largest absolute Gasteiger partial charge is 0.338 e. The van der Waals surface area contributed by atoms with Crippen LogP contribution in [0.5, 0.6) is 0 Å². The van der Waals surface area contributed by atoms with Gasteiger partial charge >= 0.3 is 0 Å². The Morgan fingerprint density at radius 2 is 1.52 bits per heavy atom. The number of rotatable bonds is 3. The molecule has 114 valence electrons. The van der Waals surface area contributed by atoms with Crippen molar-refractivity contribution in [2.45, 2.75) is 18.7 Å². The van der Waals surface area contributed by atoms with E-state index in [1.807, 2.05) is 54.0 Å². The van der Waals surface area contributed by atoms with Crippen LogP contribution in [0.1, 0.15) is 24.2 Å². The molecule has 1 saturated heterocycles. The second-order valence-corrected chi connectivity index (χ2v) is 6.62. The molecule has 1 aliphatic rings. The van der Waals surface area contributed by atoms with Gasteiger partial charge in [-0.25, -0.2) is 0 Å². The highest BCUT2D eigenvalue weighted by atomic mass is 79.9. The SMILES string of the molecule is CC(C)C(Br)C(=O)N1CCN(C(=O)c2ccccc2)CC1. The number of nitrogens with zero attached hydrogens (tertiary/aromatic N) is 2. The van der Waals surface area contributed by atoms with E-state index in [0.717, 1.165) is 0 Å². The van der Waals surface area contributed by atoms with E-state index < -0.39 is 0 Å². The fourth-order valence-corrected chi connectivity index (χ4v) is 2.64. The summed E-state index contributed by atoms with van der Waals surface area (Å²) in [5.74, 6) is 0.431. The second-order valence-electron chi connectivity index (χ2n) is 5.63. The summed E-state index contributed by atoms with van der Waals surface area (Å²) in [7, 11) is 0. The molecule has 21 heavy (non-hydrogen) atoms. The number of hydrogen-bond acceptors (Lipinski definition) is 2. The maximum absolute atomic E-state index is 12.3. The lowest BCUT2D eigenvalue weighted by atomic mass is 10.1. The molecule has 1 aromatic rings. The van der Waals surface area contributed by atoms with Crippen LogP contribution in [0.3, 0.4) is 0 Å². The lowest BCUT2D eigenvalue weighted by molar-refractivity contribution is -0.132. The van der Waals surface area contributed by atoms with Crippen LogP contribution in [0.4, 0.5) is 0 Å². The molecule has 0 radical (unpaired) electrons. The molecule has 0 spiro atoms. The van der Waals surface area contributed by atoms with Gasteiger partial charge in [0, 0.05) is 31.7 Å². The molecule has 0 aliphatic carbocycles. The summed E-state index contributed by atoms with van der Waals surface area (Å²) < 4.78 is 0. The topological polar surface area (TPSA) is 40.6 Å². The van der Waals surface area contributed by atoms with Gasteiger partial charge in [0.05, 0.1) is 4.83 Å². The summed E-state index contributed by atoms with van der Waals surface area (Å²) in [5.41, 5.74) is 0.706. The van der Waals surface area contributed by atoms with E-state index in [4.69, 9.17) is 0 Å². The normalized spacial score (nSPS) is 17.0. The summed E-state index contributed by atoms with van der Waals surface area (Å²) >= 11 is 3.45. The van der Waals surface area contributed by atoms with Crippen molar-refractivity contribution < 1.29 is 9.59 Å². The molecule has 2 amide bonds. The van der Waals surface area contributed by atoms with Gasteiger partial charge < -0.3 is 9.80 Å².